The SMILES string of the molecule is Cc1nn2c(C(N)=O)cccc2c1-c1nc2c(c(NCc3ccccc3)n1)CCOC2. The molecule has 0 fully saturated rings. The van der Waals surface area contributed by atoms with Gasteiger partial charge in [0.05, 0.1) is 35.7 Å². The standard InChI is InChI=1S/C23H22N6O2/c1-14-20(18-8-5-9-19(21(24)30)29(18)28-14)23-26-17-13-31-11-10-16(17)22(27-23)25-12-15-6-3-2-4-7-15/h2-9H,10-13H2,1H3,(H2,24,30)(H,25,26,27). The summed E-state index contributed by atoms with van der Waals surface area (Å²) < 4.78 is 7.21. The summed E-state index contributed by atoms with van der Waals surface area (Å²) >= 11 is 0. The number of primary amides is 1. The second-order valence-electron chi connectivity index (χ2n) is 7.50. The zero-order valence-corrected chi connectivity index (χ0v) is 17.1. The molecule has 0 bridgehead atoms. The van der Waals surface area contributed by atoms with Gasteiger partial charge < -0.3 is 15.8 Å². The van der Waals surface area contributed by atoms with E-state index in [2.05, 4.69) is 22.5 Å². The first-order chi connectivity index (χ1) is 15.1. The number of aryl methyl sites for hydroxylation is 1. The maximum absolute atomic E-state index is 11.8. The van der Waals surface area contributed by atoms with Gasteiger partial charge in [-0.1, -0.05) is 36.4 Å². The number of nitrogens with two attached hydrogens (primary N) is 1. The van der Waals surface area contributed by atoms with Crippen molar-refractivity contribution in [1.29, 1.82) is 0 Å². The van der Waals surface area contributed by atoms with Gasteiger partial charge in [0.15, 0.2) is 5.82 Å². The van der Waals surface area contributed by atoms with Gasteiger partial charge >= 0.3 is 0 Å². The number of fused-ring (bicyclic) bond motifs is 2. The fraction of sp³-hybridized carbons (Fsp3) is 0.217. The molecule has 8 nitrogen and oxygen atoms in total. The maximum atomic E-state index is 11.8. The van der Waals surface area contributed by atoms with Crippen LogP contribution in [-0.2, 0) is 24.3 Å². The van der Waals surface area contributed by atoms with Crippen molar-refractivity contribution in [3.05, 3.63) is 76.7 Å². The minimum absolute atomic E-state index is 0.315. The van der Waals surface area contributed by atoms with Gasteiger partial charge in [-0.3, -0.25) is 4.79 Å². The molecule has 3 aromatic heterocycles. The predicted octanol–water partition coefficient (Wildman–Crippen LogP) is 2.88. The molecule has 1 aliphatic heterocycles. The van der Waals surface area contributed by atoms with Crippen molar-refractivity contribution in [2.75, 3.05) is 11.9 Å². The Morgan fingerprint density at radius 1 is 1.16 bits per heavy atom. The number of nitrogens with one attached hydrogen (secondary N) is 1. The zero-order chi connectivity index (χ0) is 21.4. The Labute approximate surface area is 179 Å². The first-order valence-corrected chi connectivity index (χ1v) is 10.2. The monoisotopic (exact) mass is 414 g/mol. The smallest absolute Gasteiger partial charge is 0.267 e. The minimum atomic E-state index is -0.537. The molecule has 0 unspecified atom stereocenters. The fourth-order valence-corrected chi connectivity index (χ4v) is 3.94. The Bertz CT molecular complexity index is 1280. The number of pyridine rings is 1. The normalized spacial score (nSPS) is 13.2. The van der Waals surface area contributed by atoms with Gasteiger partial charge in [0, 0.05) is 18.5 Å². The molecule has 0 spiro atoms. The van der Waals surface area contributed by atoms with Crippen LogP contribution in [0.15, 0.2) is 48.5 Å². The molecule has 3 N–H and O–H groups in total. The van der Waals surface area contributed by atoms with Gasteiger partial charge in [-0.05, 0) is 24.6 Å². The number of hydrogen-bond acceptors (Lipinski definition) is 6. The number of anilines is 1. The van der Waals surface area contributed by atoms with E-state index in [1.165, 1.54) is 5.56 Å². The molecular formula is C23H22N6O2. The number of hydrogen-bond donors (Lipinski definition) is 2. The van der Waals surface area contributed by atoms with Crippen molar-refractivity contribution in [1.82, 2.24) is 19.6 Å². The van der Waals surface area contributed by atoms with Crippen LogP contribution < -0.4 is 11.1 Å². The van der Waals surface area contributed by atoms with Crippen LogP contribution in [0.4, 0.5) is 5.82 Å². The number of carbonyl (C=O) groups excluding carboxylic acids is 1. The number of benzene rings is 1. The summed E-state index contributed by atoms with van der Waals surface area (Å²) in [4.78, 5) is 21.5. The Kier molecular flexibility index (Phi) is 4.83. The van der Waals surface area contributed by atoms with Crippen molar-refractivity contribution in [3.8, 4) is 11.4 Å². The Balaban J connectivity index is 1.62. The molecule has 0 atom stereocenters. The lowest BCUT2D eigenvalue weighted by molar-refractivity contribution is 0.0993. The summed E-state index contributed by atoms with van der Waals surface area (Å²) in [6.07, 6.45) is 0.756. The van der Waals surface area contributed by atoms with Gasteiger partial charge in [0.25, 0.3) is 5.91 Å². The second kappa shape index (κ2) is 7.81. The number of rotatable bonds is 5. The number of carbonyl (C=O) groups is 1. The van der Waals surface area contributed by atoms with E-state index >= 15 is 0 Å². The Hall–Kier alpha value is -3.78. The van der Waals surface area contributed by atoms with E-state index in [1.54, 1.807) is 16.6 Å². The third-order valence-corrected chi connectivity index (χ3v) is 5.44. The lowest BCUT2D eigenvalue weighted by Gasteiger charge is -2.20. The predicted molar refractivity (Wildman–Crippen MR) is 117 cm³/mol. The molecule has 1 aliphatic rings. The van der Waals surface area contributed by atoms with Crippen molar-refractivity contribution in [2.45, 2.75) is 26.5 Å². The van der Waals surface area contributed by atoms with Crippen molar-refractivity contribution < 1.29 is 9.53 Å². The highest BCUT2D eigenvalue weighted by Crippen LogP contribution is 2.31. The van der Waals surface area contributed by atoms with Crippen LogP contribution in [0.5, 0.6) is 0 Å². The van der Waals surface area contributed by atoms with E-state index in [4.69, 9.17) is 20.4 Å². The molecule has 0 saturated heterocycles. The molecule has 4 aromatic rings. The number of ether oxygens (including phenoxy) is 1. The van der Waals surface area contributed by atoms with Crippen molar-refractivity contribution >= 4 is 17.2 Å². The second-order valence-corrected chi connectivity index (χ2v) is 7.50. The van der Waals surface area contributed by atoms with E-state index in [1.807, 2.05) is 31.2 Å². The third-order valence-electron chi connectivity index (χ3n) is 5.44. The molecule has 1 amide bonds. The van der Waals surface area contributed by atoms with Gasteiger partial charge in [-0.2, -0.15) is 5.10 Å². The third kappa shape index (κ3) is 3.51. The summed E-state index contributed by atoms with van der Waals surface area (Å²) in [7, 11) is 0. The molecule has 5 rings (SSSR count). The van der Waals surface area contributed by atoms with Crippen molar-refractivity contribution in [2.24, 2.45) is 5.73 Å². The summed E-state index contributed by atoms with van der Waals surface area (Å²) in [6, 6.07) is 15.5. The molecule has 8 heteroatoms. The molecule has 1 aromatic carbocycles. The first-order valence-electron chi connectivity index (χ1n) is 10.2. The largest absolute Gasteiger partial charge is 0.375 e. The molecule has 156 valence electrons. The zero-order valence-electron chi connectivity index (χ0n) is 17.1. The van der Waals surface area contributed by atoms with E-state index < -0.39 is 5.91 Å². The average molecular weight is 414 g/mol. The number of aromatic nitrogens is 4. The van der Waals surface area contributed by atoms with Gasteiger partial charge in [-0.15, -0.1) is 0 Å². The average Bonchev–Trinajstić information content (AvgIpc) is 3.13. The molecule has 0 radical (unpaired) electrons. The van der Waals surface area contributed by atoms with Gasteiger partial charge in [-0.25, -0.2) is 14.5 Å². The maximum Gasteiger partial charge on any atom is 0.267 e. The first kappa shape index (κ1) is 19.2. The highest BCUT2D eigenvalue weighted by Gasteiger charge is 2.23. The van der Waals surface area contributed by atoms with E-state index in [0.717, 1.165) is 40.3 Å². The highest BCUT2D eigenvalue weighted by molar-refractivity contribution is 5.93. The lowest BCUT2D eigenvalue weighted by atomic mass is 10.1. The lowest BCUT2D eigenvalue weighted by Crippen LogP contribution is -2.17. The van der Waals surface area contributed by atoms with Crippen LogP contribution in [0, 0.1) is 6.92 Å². The molecular weight excluding hydrogens is 392 g/mol. The molecule has 31 heavy (non-hydrogen) atoms. The van der Waals surface area contributed by atoms with Crippen LogP contribution in [-0.4, -0.2) is 32.1 Å². The number of amides is 1. The Morgan fingerprint density at radius 3 is 2.81 bits per heavy atom. The molecule has 0 aliphatic carbocycles. The van der Waals surface area contributed by atoms with Crippen LogP contribution in [0.1, 0.15) is 33.0 Å². The fourth-order valence-electron chi connectivity index (χ4n) is 3.94. The summed E-state index contributed by atoms with van der Waals surface area (Å²) in [5, 5.41) is 8.01. The van der Waals surface area contributed by atoms with Gasteiger partial charge in [0.1, 0.15) is 11.5 Å². The Morgan fingerprint density at radius 2 is 2.00 bits per heavy atom. The molecule has 4 heterocycles. The van der Waals surface area contributed by atoms with Gasteiger partial charge in [0.2, 0.25) is 0 Å². The van der Waals surface area contributed by atoms with E-state index in [-0.39, 0.29) is 0 Å². The summed E-state index contributed by atoms with van der Waals surface area (Å²) in [5.74, 6) is 0.815. The topological polar surface area (TPSA) is 107 Å². The minimum Gasteiger partial charge on any atom is -0.375 e. The summed E-state index contributed by atoms with van der Waals surface area (Å²) in [6.45, 7) is 3.62. The van der Waals surface area contributed by atoms with Crippen LogP contribution in [0.25, 0.3) is 16.9 Å². The summed E-state index contributed by atoms with van der Waals surface area (Å²) in [5.41, 5.74) is 11.2. The van der Waals surface area contributed by atoms with Crippen molar-refractivity contribution in [3.63, 3.8) is 0 Å². The van der Waals surface area contributed by atoms with Crippen LogP contribution in [0.3, 0.4) is 0 Å². The number of nitrogens with zero attached hydrogens (tertiary/aromatic N) is 4. The van der Waals surface area contributed by atoms with E-state index in [0.29, 0.717) is 31.3 Å². The van der Waals surface area contributed by atoms with Crippen LogP contribution >= 0.6 is 0 Å². The highest BCUT2D eigenvalue weighted by atomic mass is 16.5. The van der Waals surface area contributed by atoms with E-state index in [9.17, 15) is 4.79 Å². The van der Waals surface area contributed by atoms with Crippen LogP contribution in [0.2, 0.25) is 0 Å². The quantitative estimate of drug-likeness (QED) is 0.520. The molecule has 0 saturated carbocycles.